The maximum Gasteiger partial charge on any atom is 0.416 e. The van der Waals surface area contributed by atoms with Crippen LogP contribution in [0.3, 0.4) is 0 Å². The number of ketones is 1. The molecule has 1 atom stereocenters. The van der Waals surface area contributed by atoms with Gasteiger partial charge in [0, 0.05) is 12.0 Å². The Hall–Kier alpha value is -2.75. The Kier molecular flexibility index (Phi) is 4.98. The van der Waals surface area contributed by atoms with Gasteiger partial charge in [0.25, 0.3) is 0 Å². The van der Waals surface area contributed by atoms with Crippen molar-refractivity contribution >= 4 is 5.78 Å². The van der Waals surface area contributed by atoms with E-state index in [0.29, 0.717) is 6.07 Å². The van der Waals surface area contributed by atoms with Crippen LogP contribution in [0, 0.1) is 23.0 Å². The Bertz CT molecular complexity index is 787. The van der Waals surface area contributed by atoms with Crippen LogP contribution in [-0.2, 0) is 17.4 Å². The summed E-state index contributed by atoms with van der Waals surface area (Å²) in [6.07, 6.45) is -5.36. The quantitative estimate of drug-likeness (QED) is 0.775. The van der Waals surface area contributed by atoms with Gasteiger partial charge >= 0.3 is 6.18 Å². The van der Waals surface area contributed by atoms with Crippen molar-refractivity contribution in [2.75, 3.05) is 0 Å². The largest absolute Gasteiger partial charge is 0.416 e. The Morgan fingerprint density at radius 2 is 1.67 bits per heavy atom. The second kappa shape index (κ2) is 6.79. The van der Waals surface area contributed by atoms with E-state index >= 15 is 0 Å². The minimum Gasteiger partial charge on any atom is -0.297 e. The van der Waals surface area contributed by atoms with Gasteiger partial charge in [-0.25, -0.2) is 8.78 Å². The first-order chi connectivity index (χ1) is 11.2. The molecule has 0 saturated carbocycles. The standard InChI is InChI=1S/C17H10F5NO/c18-14-5-2-6-15(19)12(14)8-16(24)13(9-23)10-3-1-4-11(7-10)17(20,21)22/h1-7,13H,8H2. The fourth-order valence-electron chi connectivity index (χ4n) is 2.20. The van der Waals surface area contributed by atoms with Crippen molar-refractivity contribution in [1.82, 2.24) is 0 Å². The van der Waals surface area contributed by atoms with E-state index in [1.165, 1.54) is 6.07 Å². The summed E-state index contributed by atoms with van der Waals surface area (Å²) in [7, 11) is 0. The van der Waals surface area contributed by atoms with Gasteiger partial charge in [0.05, 0.1) is 11.6 Å². The molecule has 0 saturated heterocycles. The lowest BCUT2D eigenvalue weighted by Gasteiger charge is -2.12. The van der Waals surface area contributed by atoms with E-state index < -0.39 is 47.1 Å². The maximum absolute atomic E-state index is 13.6. The number of nitriles is 1. The minimum atomic E-state index is -4.63. The molecule has 0 amide bonds. The molecule has 0 aliphatic rings. The van der Waals surface area contributed by atoms with E-state index in [2.05, 4.69) is 0 Å². The summed E-state index contributed by atoms with van der Waals surface area (Å²) in [5.41, 5.74) is -1.70. The molecular weight excluding hydrogens is 329 g/mol. The van der Waals surface area contributed by atoms with Crippen LogP contribution in [0.1, 0.15) is 22.6 Å². The molecular formula is C17H10F5NO. The fourth-order valence-corrected chi connectivity index (χ4v) is 2.20. The molecule has 1 unspecified atom stereocenters. The molecule has 124 valence electrons. The van der Waals surface area contributed by atoms with Crippen molar-refractivity contribution in [3.8, 4) is 6.07 Å². The first kappa shape index (κ1) is 17.6. The molecule has 0 aliphatic carbocycles. The van der Waals surface area contributed by atoms with Crippen molar-refractivity contribution in [3.63, 3.8) is 0 Å². The third-order valence-corrected chi connectivity index (χ3v) is 3.41. The number of rotatable bonds is 4. The Labute approximate surface area is 134 Å². The number of hydrogen-bond donors (Lipinski definition) is 0. The number of benzene rings is 2. The van der Waals surface area contributed by atoms with Gasteiger partial charge in [0.2, 0.25) is 0 Å². The molecule has 7 heteroatoms. The highest BCUT2D eigenvalue weighted by molar-refractivity contribution is 5.90. The zero-order valence-corrected chi connectivity index (χ0v) is 12.1. The molecule has 0 spiro atoms. The lowest BCUT2D eigenvalue weighted by molar-refractivity contribution is -0.137. The van der Waals surface area contributed by atoms with Gasteiger partial charge in [-0.15, -0.1) is 0 Å². The maximum atomic E-state index is 13.6. The molecule has 2 rings (SSSR count). The highest BCUT2D eigenvalue weighted by atomic mass is 19.4. The molecule has 0 fully saturated rings. The summed E-state index contributed by atoms with van der Waals surface area (Å²) in [4.78, 5) is 12.2. The predicted molar refractivity (Wildman–Crippen MR) is 74.9 cm³/mol. The van der Waals surface area contributed by atoms with Gasteiger partial charge in [-0.1, -0.05) is 24.3 Å². The molecule has 0 aliphatic heterocycles. The minimum absolute atomic E-state index is 0.172. The molecule has 2 nitrogen and oxygen atoms in total. The van der Waals surface area contributed by atoms with E-state index in [4.69, 9.17) is 5.26 Å². The highest BCUT2D eigenvalue weighted by Gasteiger charge is 2.32. The first-order valence-corrected chi connectivity index (χ1v) is 6.76. The average Bonchev–Trinajstić information content (AvgIpc) is 2.51. The van der Waals surface area contributed by atoms with E-state index in [1.54, 1.807) is 6.07 Å². The van der Waals surface area contributed by atoms with E-state index in [-0.39, 0.29) is 5.56 Å². The van der Waals surface area contributed by atoms with Crippen LogP contribution in [-0.4, -0.2) is 5.78 Å². The van der Waals surface area contributed by atoms with Crippen LogP contribution in [0.15, 0.2) is 42.5 Å². The van der Waals surface area contributed by atoms with Crippen LogP contribution in [0.4, 0.5) is 22.0 Å². The van der Waals surface area contributed by atoms with E-state index in [9.17, 15) is 26.7 Å². The van der Waals surface area contributed by atoms with Crippen LogP contribution in [0.25, 0.3) is 0 Å². The lowest BCUT2D eigenvalue weighted by Crippen LogP contribution is -2.16. The first-order valence-electron chi connectivity index (χ1n) is 6.76. The molecule has 2 aromatic carbocycles. The third kappa shape index (κ3) is 3.77. The zero-order chi connectivity index (χ0) is 17.9. The van der Waals surface area contributed by atoms with Crippen LogP contribution < -0.4 is 0 Å². The topological polar surface area (TPSA) is 40.9 Å². The summed E-state index contributed by atoms with van der Waals surface area (Å²) < 4.78 is 65.3. The number of carbonyl (C=O) groups excluding carboxylic acids is 1. The SMILES string of the molecule is N#CC(C(=O)Cc1c(F)cccc1F)c1cccc(C(F)(F)F)c1. The van der Waals surface area contributed by atoms with Gasteiger partial charge in [0.1, 0.15) is 17.6 Å². The van der Waals surface area contributed by atoms with Gasteiger partial charge in [-0.3, -0.25) is 4.79 Å². The van der Waals surface area contributed by atoms with Crippen LogP contribution in [0.5, 0.6) is 0 Å². The van der Waals surface area contributed by atoms with Crippen LogP contribution >= 0.6 is 0 Å². The van der Waals surface area contributed by atoms with Crippen molar-refractivity contribution in [2.24, 2.45) is 0 Å². The molecule has 0 bridgehead atoms. The van der Waals surface area contributed by atoms with Gasteiger partial charge < -0.3 is 0 Å². The molecule has 0 aromatic heterocycles. The Balaban J connectivity index is 2.32. The summed E-state index contributed by atoms with van der Waals surface area (Å²) >= 11 is 0. The monoisotopic (exact) mass is 339 g/mol. The van der Waals surface area contributed by atoms with E-state index in [0.717, 1.165) is 30.3 Å². The molecule has 24 heavy (non-hydrogen) atoms. The highest BCUT2D eigenvalue weighted by Crippen LogP contribution is 2.31. The normalized spacial score (nSPS) is 12.5. The summed E-state index contributed by atoms with van der Waals surface area (Å²) in [5.74, 6) is -4.35. The van der Waals surface area contributed by atoms with Gasteiger partial charge in [0.15, 0.2) is 5.78 Å². The van der Waals surface area contributed by atoms with Gasteiger partial charge in [-0.2, -0.15) is 18.4 Å². The van der Waals surface area contributed by atoms with Crippen LogP contribution in [0.2, 0.25) is 0 Å². The smallest absolute Gasteiger partial charge is 0.297 e. The van der Waals surface area contributed by atoms with Crippen molar-refractivity contribution in [2.45, 2.75) is 18.5 Å². The number of nitrogens with zero attached hydrogens (tertiary/aromatic N) is 1. The number of hydrogen-bond acceptors (Lipinski definition) is 2. The average molecular weight is 339 g/mol. The summed E-state index contributed by atoms with van der Waals surface area (Å²) in [6.45, 7) is 0. The molecule has 0 heterocycles. The van der Waals surface area contributed by atoms with Crippen molar-refractivity contribution in [3.05, 3.63) is 70.8 Å². The zero-order valence-electron chi connectivity index (χ0n) is 12.1. The van der Waals surface area contributed by atoms with Gasteiger partial charge in [-0.05, 0) is 23.8 Å². The Morgan fingerprint density at radius 3 is 2.21 bits per heavy atom. The summed E-state index contributed by atoms with van der Waals surface area (Å²) in [6, 6.07) is 8.37. The number of Topliss-reactive ketones (excluding diaryl/α,β-unsaturated/α-hetero) is 1. The van der Waals surface area contributed by atoms with Crippen molar-refractivity contribution in [1.29, 1.82) is 5.26 Å². The molecule has 0 radical (unpaired) electrons. The summed E-state index contributed by atoms with van der Waals surface area (Å²) in [5, 5.41) is 9.12. The lowest BCUT2D eigenvalue weighted by atomic mass is 9.91. The van der Waals surface area contributed by atoms with E-state index in [1.807, 2.05) is 0 Å². The fraction of sp³-hybridized carbons (Fsp3) is 0.176. The van der Waals surface area contributed by atoms with Crippen molar-refractivity contribution < 1.29 is 26.7 Å². The molecule has 0 N–H and O–H groups in total. The number of carbonyl (C=O) groups is 1. The predicted octanol–water partition coefficient (Wildman–Crippen LogP) is 4.40. The number of alkyl halides is 3. The second-order valence-corrected chi connectivity index (χ2v) is 5.03. The number of halogens is 5. The second-order valence-electron chi connectivity index (χ2n) is 5.03. The molecule has 2 aromatic rings. The Morgan fingerprint density at radius 1 is 1.08 bits per heavy atom. The third-order valence-electron chi connectivity index (χ3n) is 3.41.